The average Bonchev–Trinajstić information content (AvgIpc) is 3.73. The third kappa shape index (κ3) is 7.16. The molecule has 12 nitrogen and oxygen atoms in total. The van der Waals surface area contributed by atoms with E-state index < -0.39 is 27.3 Å². The lowest BCUT2D eigenvalue weighted by molar-refractivity contribution is -0.137. The predicted octanol–water partition coefficient (Wildman–Crippen LogP) is 4.71. The van der Waals surface area contributed by atoms with Crippen molar-refractivity contribution in [3.8, 4) is 22.5 Å². The molecule has 2 fully saturated rings. The Bertz CT molecular complexity index is 1840. The lowest BCUT2D eigenvalue weighted by atomic mass is 9.90. The van der Waals surface area contributed by atoms with Gasteiger partial charge in [0.05, 0.1) is 34.9 Å². The van der Waals surface area contributed by atoms with Gasteiger partial charge in [-0.05, 0) is 50.5 Å². The molecule has 16 heteroatoms. The van der Waals surface area contributed by atoms with Crippen molar-refractivity contribution >= 4 is 27.5 Å². The van der Waals surface area contributed by atoms with E-state index >= 15 is 0 Å². The maximum atomic E-state index is 13.9. The first-order valence-electron chi connectivity index (χ1n) is 14.8. The number of pyridine rings is 1. The molecular weight excluding hydrogens is 623 g/mol. The number of hydrogen-bond acceptors (Lipinski definition) is 10. The summed E-state index contributed by atoms with van der Waals surface area (Å²) in [6, 6.07) is 0.825. The van der Waals surface area contributed by atoms with E-state index in [4.69, 9.17) is 0 Å². The Morgan fingerprint density at radius 3 is 2.35 bits per heavy atom. The molecule has 242 valence electrons. The fourth-order valence-corrected chi connectivity index (χ4v) is 6.22. The monoisotopic (exact) mass is 655 g/mol. The highest BCUT2D eigenvalue weighted by Crippen LogP contribution is 2.38. The lowest BCUT2D eigenvalue weighted by Crippen LogP contribution is -2.45. The molecule has 1 N–H and O–H groups in total. The van der Waals surface area contributed by atoms with Gasteiger partial charge in [-0.2, -0.15) is 18.3 Å². The summed E-state index contributed by atoms with van der Waals surface area (Å²) in [4.78, 5) is 36.1. The smallest absolute Gasteiger partial charge is 0.351 e. The highest BCUT2D eigenvalue weighted by Gasteiger charge is 2.37. The molecular formula is C30H32F3N9O3S. The van der Waals surface area contributed by atoms with Gasteiger partial charge in [-0.15, -0.1) is 0 Å². The molecule has 0 aliphatic heterocycles. The number of aromatic nitrogens is 7. The Labute approximate surface area is 263 Å². The van der Waals surface area contributed by atoms with Crippen LogP contribution in [0.15, 0.2) is 54.3 Å². The molecule has 6 rings (SSSR count). The van der Waals surface area contributed by atoms with Crippen LogP contribution < -0.4 is 10.2 Å². The minimum Gasteiger partial charge on any atom is -0.351 e. The molecule has 0 unspecified atom stereocenters. The van der Waals surface area contributed by atoms with E-state index in [9.17, 15) is 26.4 Å². The summed E-state index contributed by atoms with van der Waals surface area (Å²) in [5.74, 6) is 0.850. The van der Waals surface area contributed by atoms with Crippen molar-refractivity contribution < 1.29 is 26.4 Å². The highest BCUT2D eigenvalue weighted by molar-refractivity contribution is 7.90. The van der Waals surface area contributed by atoms with Gasteiger partial charge in [-0.25, -0.2) is 23.4 Å². The average molecular weight is 656 g/mol. The Hall–Kier alpha value is -4.47. The summed E-state index contributed by atoms with van der Waals surface area (Å²) in [5.41, 5.74) is -0.201. The van der Waals surface area contributed by atoms with Crippen molar-refractivity contribution in [2.75, 3.05) is 16.5 Å². The van der Waals surface area contributed by atoms with Crippen LogP contribution >= 0.6 is 0 Å². The molecule has 0 bridgehead atoms. The first kappa shape index (κ1) is 31.5. The Morgan fingerprint density at radius 2 is 1.74 bits per heavy atom. The molecule has 2 saturated carbocycles. The van der Waals surface area contributed by atoms with Crippen molar-refractivity contribution in [3.05, 3.63) is 55.0 Å². The van der Waals surface area contributed by atoms with Crippen molar-refractivity contribution in [2.45, 2.75) is 68.1 Å². The van der Waals surface area contributed by atoms with Crippen LogP contribution in [-0.4, -0.2) is 67.4 Å². The van der Waals surface area contributed by atoms with Gasteiger partial charge < -0.3 is 5.32 Å². The maximum Gasteiger partial charge on any atom is 0.419 e. The number of sulfone groups is 1. The molecule has 0 radical (unpaired) electrons. The molecule has 2 aliphatic rings. The Morgan fingerprint density at radius 1 is 0.978 bits per heavy atom. The van der Waals surface area contributed by atoms with Crippen LogP contribution in [0.1, 0.15) is 50.5 Å². The molecule has 4 aromatic heterocycles. The van der Waals surface area contributed by atoms with Gasteiger partial charge in [0.2, 0.25) is 11.9 Å². The van der Waals surface area contributed by atoms with Gasteiger partial charge in [0, 0.05) is 67.7 Å². The van der Waals surface area contributed by atoms with Crippen LogP contribution in [0.5, 0.6) is 0 Å². The lowest BCUT2D eigenvalue weighted by Gasteiger charge is -2.36. The number of nitrogens with zero attached hydrogens (tertiary/aromatic N) is 8. The molecule has 4 heterocycles. The summed E-state index contributed by atoms with van der Waals surface area (Å²) in [6.45, 7) is 0. The van der Waals surface area contributed by atoms with Crippen LogP contribution in [0.3, 0.4) is 0 Å². The zero-order valence-corrected chi connectivity index (χ0v) is 26.0. The number of alkyl halides is 3. The summed E-state index contributed by atoms with van der Waals surface area (Å²) >= 11 is 0. The molecule has 0 saturated heterocycles. The van der Waals surface area contributed by atoms with E-state index in [-0.39, 0.29) is 34.4 Å². The van der Waals surface area contributed by atoms with E-state index in [0.717, 1.165) is 43.1 Å². The van der Waals surface area contributed by atoms with Crippen molar-refractivity contribution in [2.24, 2.45) is 13.0 Å². The van der Waals surface area contributed by atoms with Crippen LogP contribution in [0.4, 0.5) is 24.9 Å². The Balaban J connectivity index is 1.19. The van der Waals surface area contributed by atoms with Crippen molar-refractivity contribution in [1.29, 1.82) is 0 Å². The van der Waals surface area contributed by atoms with Gasteiger partial charge in [0.15, 0.2) is 15.7 Å². The number of halogens is 3. The molecule has 1 amide bonds. The number of carbonyl (C=O) groups is 1. The second-order valence-corrected chi connectivity index (χ2v) is 13.9. The fraction of sp³-hybridized carbons (Fsp3) is 0.433. The van der Waals surface area contributed by atoms with Gasteiger partial charge in [0.25, 0.3) is 0 Å². The van der Waals surface area contributed by atoms with Crippen molar-refractivity contribution in [3.63, 3.8) is 0 Å². The van der Waals surface area contributed by atoms with Gasteiger partial charge >= 0.3 is 6.18 Å². The number of anilines is 2. The molecule has 0 aromatic carbocycles. The fourth-order valence-electron chi connectivity index (χ4n) is 5.62. The third-order valence-corrected chi connectivity index (χ3v) is 9.30. The molecule has 0 spiro atoms. The SMILES string of the molecule is Cn1cc(-c2cnc(N(C(=O)CC3CC3)C3CCC(Nc4ncc(C(F)(F)F)c(-c5cncc(S(C)(=O)=O)c5)n4)CC3)cn2)cn1. The molecule has 4 aromatic rings. The second kappa shape index (κ2) is 12.4. The zero-order chi connectivity index (χ0) is 32.6. The Kier molecular flexibility index (Phi) is 8.48. The normalized spacial score (nSPS) is 18.7. The highest BCUT2D eigenvalue weighted by atomic mass is 32.2. The number of amides is 1. The second-order valence-electron chi connectivity index (χ2n) is 11.9. The van der Waals surface area contributed by atoms with E-state index in [0.29, 0.717) is 55.7 Å². The number of nitrogens with one attached hydrogen (secondary N) is 1. The number of hydrogen-bond donors (Lipinski definition) is 1. The third-order valence-electron chi connectivity index (χ3n) is 8.22. The summed E-state index contributed by atoms with van der Waals surface area (Å²) in [7, 11) is -1.90. The van der Waals surface area contributed by atoms with E-state index in [1.807, 2.05) is 13.2 Å². The van der Waals surface area contributed by atoms with Crippen LogP contribution in [-0.2, 0) is 27.9 Å². The summed E-state index contributed by atoms with van der Waals surface area (Å²) in [5, 5.41) is 7.32. The standard InChI is InChI=1S/C30H32F3N9O3S/c1-41-17-20(12-38-41)25-15-36-26(16-35-25)42(27(43)9-18-3-4-18)22-7-5-21(6-8-22)39-29-37-14-24(30(31,32)33)28(40-29)19-10-23(13-34-11-19)46(2,44)45/h10-18,21-22H,3-9H2,1-2H3,(H,37,39,40). The van der Waals surface area contributed by atoms with Crippen LogP contribution in [0.2, 0.25) is 0 Å². The largest absolute Gasteiger partial charge is 0.419 e. The van der Waals surface area contributed by atoms with Crippen molar-refractivity contribution in [1.82, 2.24) is 34.7 Å². The quantitative estimate of drug-likeness (QED) is 0.269. The number of carbonyl (C=O) groups excluding carboxylic acids is 1. The zero-order valence-electron chi connectivity index (χ0n) is 25.1. The van der Waals surface area contributed by atoms with E-state index in [1.54, 1.807) is 28.2 Å². The van der Waals surface area contributed by atoms with Gasteiger partial charge in [-0.1, -0.05) is 0 Å². The summed E-state index contributed by atoms with van der Waals surface area (Å²) < 4.78 is 67.4. The predicted molar refractivity (Wildman–Crippen MR) is 162 cm³/mol. The topological polar surface area (TPSA) is 149 Å². The van der Waals surface area contributed by atoms with Crippen LogP contribution in [0, 0.1) is 5.92 Å². The molecule has 0 atom stereocenters. The van der Waals surface area contributed by atoms with Gasteiger partial charge in [0.1, 0.15) is 5.56 Å². The maximum absolute atomic E-state index is 13.9. The minimum absolute atomic E-state index is 0.00276. The van der Waals surface area contributed by atoms with E-state index in [2.05, 4.69) is 35.3 Å². The molecule has 46 heavy (non-hydrogen) atoms. The molecule has 2 aliphatic carbocycles. The van der Waals surface area contributed by atoms with E-state index in [1.165, 1.54) is 0 Å². The minimum atomic E-state index is -4.78. The van der Waals surface area contributed by atoms with Crippen LogP contribution in [0.25, 0.3) is 22.5 Å². The first-order valence-corrected chi connectivity index (χ1v) is 16.7. The number of aryl methyl sites for hydroxylation is 1. The van der Waals surface area contributed by atoms with Gasteiger partial charge in [-0.3, -0.25) is 24.3 Å². The first-order chi connectivity index (χ1) is 21.8. The number of rotatable bonds is 9. The summed E-state index contributed by atoms with van der Waals surface area (Å²) in [6.07, 6.45) is 10.8.